The Kier molecular flexibility index (Phi) is 7.13. The molecule has 1 aromatic rings. The zero-order valence-electron chi connectivity index (χ0n) is 12.0. The lowest BCUT2D eigenvalue weighted by Gasteiger charge is -2.27. The van der Waals surface area contributed by atoms with Crippen LogP contribution in [0.15, 0.2) is 15.7 Å². The molecule has 2 heterocycles. The molecule has 1 aliphatic heterocycles. The minimum absolute atomic E-state index is 0.601. The first-order valence-corrected chi connectivity index (χ1v) is 10.4. The van der Waals surface area contributed by atoms with Gasteiger partial charge in [-0.2, -0.15) is 11.8 Å². The third kappa shape index (κ3) is 5.00. The van der Waals surface area contributed by atoms with Gasteiger partial charge in [0.25, 0.3) is 0 Å². The van der Waals surface area contributed by atoms with Crippen LogP contribution in [-0.2, 0) is 0 Å². The summed E-state index contributed by atoms with van der Waals surface area (Å²) in [6.07, 6.45) is 8.95. The third-order valence-electron chi connectivity index (χ3n) is 3.58. The molecule has 0 radical (unpaired) electrons. The first kappa shape index (κ1) is 15.7. The van der Waals surface area contributed by atoms with Crippen LogP contribution < -0.4 is 5.32 Å². The number of unbranched alkanes of at least 4 members (excludes halogenated alkanes) is 3. The lowest BCUT2D eigenvalue weighted by molar-refractivity contribution is 0.474. The number of nitrogens with one attached hydrogen (secondary N) is 1. The van der Waals surface area contributed by atoms with Crippen molar-refractivity contribution < 1.29 is 0 Å². The molecule has 0 bridgehead atoms. The highest BCUT2D eigenvalue weighted by atomic mass is 32.2. The van der Waals surface area contributed by atoms with Crippen molar-refractivity contribution in [1.29, 1.82) is 0 Å². The second-order valence-electron chi connectivity index (χ2n) is 5.24. The van der Waals surface area contributed by atoms with Crippen molar-refractivity contribution in [2.45, 2.75) is 54.5 Å². The quantitative estimate of drug-likeness (QED) is 0.663. The largest absolute Gasteiger partial charge is 0.310 e. The van der Waals surface area contributed by atoms with Gasteiger partial charge in [0.05, 0.1) is 4.21 Å². The Bertz CT molecular complexity index is 364. The van der Waals surface area contributed by atoms with Crippen LogP contribution in [0.5, 0.6) is 0 Å². The highest BCUT2D eigenvalue weighted by Gasteiger charge is 2.25. The second kappa shape index (κ2) is 8.60. The Morgan fingerprint density at radius 1 is 1.32 bits per heavy atom. The molecule has 0 saturated carbocycles. The van der Waals surface area contributed by atoms with Gasteiger partial charge in [0.15, 0.2) is 0 Å². The molecular formula is C15H25NS3. The highest BCUT2D eigenvalue weighted by Crippen LogP contribution is 2.43. The molecule has 19 heavy (non-hydrogen) atoms. The van der Waals surface area contributed by atoms with E-state index in [1.54, 1.807) is 5.56 Å². The van der Waals surface area contributed by atoms with Gasteiger partial charge in [-0.05, 0) is 54.8 Å². The van der Waals surface area contributed by atoms with Crippen LogP contribution >= 0.6 is 34.9 Å². The Balaban J connectivity index is 1.66. The van der Waals surface area contributed by atoms with E-state index >= 15 is 0 Å². The van der Waals surface area contributed by atoms with E-state index in [9.17, 15) is 0 Å². The first-order chi connectivity index (χ1) is 9.31. The van der Waals surface area contributed by atoms with Crippen LogP contribution in [0.3, 0.4) is 0 Å². The average molecular weight is 316 g/mol. The number of hydrogen-bond acceptors (Lipinski definition) is 4. The zero-order chi connectivity index (χ0) is 13.5. The van der Waals surface area contributed by atoms with E-state index in [0.717, 1.165) is 5.25 Å². The Morgan fingerprint density at radius 2 is 2.16 bits per heavy atom. The van der Waals surface area contributed by atoms with Crippen LogP contribution in [0.2, 0.25) is 0 Å². The van der Waals surface area contributed by atoms with Gasteiger partial charge in [-0.15, -0.1) is 23.1 Å². The Labute approximate surface area is 130 Å². The fraction of sp³-hybridized carbons (Fsp3) is 0.733. The summed E-state index contributed by atoms with van der Waals surface area (Å²) in [4.78, 5) is 0. The van der Waals surface area contributed by atoms with Gasteiger partial charge in [-0.3, -0.25) is 0 Å². The van der Waals surface area contributed by atoms with Gasteiger partial charge in [-0.1, -0.05) is 19.8 Å². The maximum absolute atomic E-state index is 3.77. The monoisotopic (exact) mass is 315 g/mol. The Morgan fingerprint density at radius 3 is 3.00 bits per heavy atom. The predicted octanol–water partition coefficient (Wildman–Crippen LogP) is 5.19. The molecule has 0 amide bonds. The molecule has 0 spiro atoms. The molecule has 1 aliphatic rings. The summed E-state index contributed by atoms with van der Waals surface area (Å²) >= 11 is 5.92. The van der Waals surface area contributed by atoms with Gasteiger partial charge in [0.1, 0.15) is 0 Å². The summed E-state index contributed by atoms with van der Waals surface area (Å²) in [7, 11) is 0. The topological polar surface area (TPSA) is 12.0 Å². The smallest absolute Gasteiger partial charge is 0.0649 e. The average Bonchev–Trinajstić information content (AvgIpc) is 2.85. The van der Waals surface area contributed by atoms with E-state index in [0.29, 0.717) is 6.04 Å². The predicted molar refractivity (Wildman–Crippen MR) is 91.8 cm³/mol. The number of hydrogen-bond donors (Lipinski definition) is 1. The van der Waals surface area contributed by atoms with Gasteiger partial charge in [0.2, 0.25) is 0 Å². The molecular weight excluding hydrogens is 290 g/mol. The first-order valence-electron chi connectivity index (χ1n) is 7.27. The lowest BCUT2D eigenvalue weighted by atomic mass is 10.0. The van der Waals surface area contributed by atoms with Crippen molar-refractivity contribution in [2.24, 2.45) is 0 Å². The maximum atomic E-state index is 3.77. The Hall–Kier alpha value is 0.360. The van der Waals surface area contributed by atoms with Crippen molar-refractivity contribution in [1.82, 2.24) is 5.32 Å². The van der Waals surface area contributed by atoms with Crippen molar-refractivity contribution in [2.75, 3.05) is 18.6 Å². The highest BCUT2D eigenvalue weighted by molar-refractivity contribution is 8.01. The number of rotatable bonds is 8. The summed E-state index contributed by atoms with van der Waals surface area (Å²) in [5, 5.41) is 6.77. The summed E-state index contributed by atoms with van der Waals surface area (Å²) in [6.45, 7) is 3.53. The molecule has 1 aromatic heterocycles. The third-order valence-corrected chi connectivity index (χ3v) is 6.62. The molecule has 4 heteroatoms. The van der Waals surface area contributed by atoms with E-state index in [1.165, 1.54) is 48.6 Å². The summed E-state index contributed by atoms with van der Waals surface area (Å²) in [5.41, 5.74) is 1.55. The minimum atomic E-state index is 0.601. The van der Waals surface area contributed by atoms with Crippen molar-refractivity contribution in [3.05, 3.63) is 17.0 Å². The van der Waals surface area contributed by atoms with Gasteiger partial charge in [-0.25, -0.2) is 0 Å². The summed E-state index contributed by atoms with van der Waals surface area (Å²) < 4.78 is 1.54. The summed E-state index contributed by atoms with van der Waals surface area (Å²) in [5.74, 6) is 1.32. The minimum Gasteiger partial charge on any atom is -0.310 e. The number of fused-ring (bicyclic) bond motifs is 1. The zero-order valence-corrected chi connectivity index (χ0v) is 14.4. The lowest BCUT2D eigenvalue weighted by Crippen LogP contribution is -2.27. The van der Waals surface area contributed by atoms with Crippen LogP contribution in [0.25, 0.3) is 0 Å². The molecule has 1 N–H and O–H groups in total. The van der Waals surface area contributed by atoms with Crippen molar-refractivity contribution >= 4 is 34.9 Å². The number of thiophene rings is 1. The van der Waals surface area contributed by atoms with Crippen LogP contribution in [-0.4, -0.2) is 23.8 Å². The summed E-state index contributed by atoms with van der Waals surface area (Å²) in [6, 6.07) is 2.92. The van der Waals surface area contributed by atoms with Gasteiger partial charge >= 0.3 is 0 Å². The SMILES string of the molecule is CSCCCCCCNC1C[C@H](C)Sc2sccc21. The van der Waals surface area contributed by atoms with Crippen molar-refractivity contribution in [3.8, 4) is 0 Å². The molecule has 0 aromatic carbocycles. The van der Waals surface area contributed by atoms with E-state index in [-0.39, 0.29) is 0 Å². The molecule has 0 aliphatic carbocycles. The standard InChI is InChI=1S/C15H25NS3/c1-12-11-14(13-7-10-18-15(13)19-12)16-8-5-3-4-6-9-17-2/h7,10,12,14,16H,3-6,8-9,11H2,1-2H3/t12-,14?/m0/s1. The van der Waals surface area contributed by atoms with E-state index in [1.807, 2.05) is 23.1 Å². The molecule has 108 valence electrons. The van der Waals surface area contributed by atoms with Crippen LogP contribution in [0.1, 0.15) is 50.6 Å². The maximum Gasteiger partial charge on any atom is 0.0649 e. The fourth-order valence-electron chi connectivity index (χ4n) is 2.54. The van der Waals surface area contributed by atoms with Crippen molar-refractivity contribution in [3.63, 3.8) is 0 Å². The van der Waals surface area contributed by atoms with E-state index < -0.39 is 0 Å². The molecule has 0 saturated heterocycles. The van der Waals surface area contributed by atoms with E-state index in [4.69, 9.17) is 0 Å². The van der Waals surface area contributed by atoms with Gasteiger partial charge in [0, 0.05) is 11.3 Å². The van der Waals surface area contributed by atoms with Crippen LogP contribution in [0.4, 0.5) is 0 Å². The normalized spacial score (nSPS) is 22.4. The van der Waals surface area contributed by atoms with Crippen LogP contribution in [0, 0.1) is 0 Å². The fourth-order valence-corrected chi connectivity index (χ4v) is 5.60. The molecule has 1 nitrogen and oxygen atoms in total. The molecule has 2 rings (SSSR count). The van der Waals surface area contributed by atoms with Gasteiger partial charge < -0.3 is 5.32 Å². The molecule has 1 unspecified atom stereocenters. The number of thioether (sulfide) groups is 2. The molecule has 0 fully saturated rings. The molecule has 2 atom stereocenters. The van der Waals surface area contributed by atoms with E-state index in [2.05, 4.69) is 41.7 Å². The second-order valence-corrected chi connectivity index (χ2v) is 8.85.